The maximum absolute atomic E-state index is 13.3. The minimum atomic E-state index is -4.71. The van der Waals surface area contributed by atoms with Crippen LogP contribution >= 0.6 is 0 Å². The van der Waals surface area contributed by atoms with E-state index in [1.165, 1.54) is 0 Å². The Kier molecular flexibility index (Phi) is 6.75. The van der Waals surface area contributed by atoms with Gasteiger partial charge in [-0.25, -0.2) is 13.2 Å². The van der Waals surface area contributed by atoms with Crippen LogP contribution in [0, 0.1) is 11.7 Å². The van der Waals surface area contributed by atoms with Gasteiger partial charge in [0.05, 0.1) is 11.5 Å². The SMILES string of the molecule is CC(NC(=O)C(=O)N1CC[C@H](C(=O)Nc2ccc(F)c(C(F)F)c2)C1)C(F)(F)F. The van der Waals surface area contributed by atoms with Crippen LogP contribution in [0.3, 0.4) is 0 Å². The Hall–Kier alpha value is -2.79. The van der Waals surface area contributed by atoms with E-state index in [1.807, 2.05) is 0 Å². The Morgan fingerprint density at radius 3 is 2.45 bits per heavy atom. The van der Waals surface area contributed by atoms with Gasteiger partial charge in [-0.2, -0.15) is 13.2 Å². The number of likely N-dealkylation sites (tertiary alicyclic amines) is 1. The Morgan fingerprint density at radius 2 is 1.86 bits per heavy atom. The molecule has 2 rings (SSSR count). The molecule has 1 aliphatic rings. The lowest BCUT2D eigenvalue weighted by molar-refractivity contribution is -0.162. The van der Waals surface area contributed by atoms with Gasteiger partial charge < -0.3 is 15.5 Å². The fourth-order valence-electron chi connectivity index (χ4n) is 2.68. The van der Waals surface area contributed by atoms with E-state index in [0.717, 1.165) is 23.1 Å². The standard InChI is InChI=1S/C17H17F6N3O3/c1-8(17(21,22)23)24-15(28)16(29)26-5-4-9(7-26)14(27)25-10-2-3-12(18)11(6-10)13(19)20/h2-3,6,8-9,13H,4-5,7H2,1H3,(H,24,28)(H,25,27)/t8?,9-/m0/s1. The zero-order valence-electron chi connectivity index (χ0n) is 15.0. The van der Waals surface area contributed by atoms with Gasteiger partial charge in [-0.3, -0.25) is 14.4 Å². The number of carbonyl (C=O) groups excluding carboxylic acids is 3. The van der Waals surface area contributed by atoms with Crippen LogP contribution in [-0.4, -0.2) is 47.9 Å². The van der Waals surface area contributed by atoms with Crippen LogP contribution in [0.2, 0.25) is 0 Å². The summed E-state index contributed by atoms with van der Waals surface area (Å²) in [6.45, 7) is 0.402. The van der Waals surface area contributed by atoms with Crippen molar-refractivity contribution >= 4 is 23.4 Å². The highest BCUT2D eigenvalue weighted by molar-refractivity contribution is 6.35. The van der Waals surface area contributed by atoms with E-state index in [-0.39, 0.29) is 25.2 Å². The highest BCUT2D eigenvalue weighted by atomic mass is 19.4. The normalized spacial score (nSPS) is 17.9. The van der Waals surface area contributed by atoms with Crippen molar-refractivity contribution in [2.75, 3.05) is 18.4 Å². The maximum Gasteiger partial charge on any atom is 0.408 e. The van der Waals surface area contributed by atoms with Crippen molar-refractivity contribution in [1.82, 2.24) is 10.2 Å². The Balaban J connectivity index is 1.95. The molecular formula is C17H17F6N3O3. The smallest absolute Gasteiger partial charge is 0.336 e. The van der Waals surface area contributed by atoms with Crippen molar-refractivity contribution in [1.29, 1.82) is 0 Å². The molecular weight excluding hydrogens is 408 g/mol. The molecule has 1 aromatic rings. The summed E-state index contributed by atoms with van der Waals surface area (Å²) < 4.78 is 76.1. The average Bonchev–Trinajstić information content (AvgIpc) is 3.11. The van der Waals surface area contributed by atoms with Crippen molar-refractivity contribution in [2.24, 2.45) is 5.92 Å². The molecule has 2 atom stereocenters. The first kappa shape index (κ1) is 22.5. The third-order valence-electron chi connectivity index (χ3n) is 4.38. The molecule has 1 aromatic carbocycles. The first-order valence-electron chi connectivity index (χ1n) is 8.45. The number of halogens is 6. The second-order valence-electron chi connectivity index (χ2n) is 6.50. The largest absolute Gasteiger partial charge is 0.408 e. The molecule has 0 aromatic heterocycles. The van der Waals surface area contributed by atoms with Gasteiger partial charge in [0.25, 0.3) is 6.43 Å². The Labute approximate surface area is 161 Å². The Morgan fingerprint density at radius 1 is 1.21 bits per heavy atom. The maximum atomic E-state index is 13.3. The zero-order chi connectivity index (χ0) is 21.9. The van der Waals surface area contributed by atoms with E-state index in [1.54, 1.807) is 5.32 Å². The van der Waals surface area contributed by atoms with Gasteiger partial charge in [0.1, 0.15) is 11.9 Å². The molecule has 29 heavy (non-hydrogen) atoms. The van der Waals surface area contributed by atoms with Gasteiger partial charge in [-0.1, -0.05) is 0 Å². The number of hydrogen-bond acceptors (Lipinski definition) is 3. The van der Waals surface area contributed by atoms with Crippen LogP contribution in [0.25, 0.3) is 0 Å². The van der Waals surface area contributed by atoms with Gasteiger partial charge in [0, 0.05) is 18.8 Å². The molecule has 160 valence electrons. The first-order chi connectivity index (χ1) is 13.4. The number of benzene rings is 1. The van der Waals surface area contributed by atoms with Crippen LogP contribution in [0.1, 0.15) is 25.3 Å². The fourth-order valence-corrected chi connectivity index (χ4v) is 2.68. The van der Waals surface area contributed by atoms with E-state index < -0.39 is 53.7 Å². The van der Waals surface area contributed by atoms with Gasteiger partial charge in [0.2, 0.25) is 5.91 Å². The van der Waals surface area contributed by atoms with Crippen LogP contribution in [0.4, 0.5) is 32.0 Å². The summed E-state index contributed by atoms with van der Waals surface area (Å²) >= 11 is 0. The molecule has 2 N–H and O–H groups in total. The molecule has 0 radical (unpaired) electrons. The first-order valence-corrected chi connectivity index (χ1v) is 8.45. The van der Waals surface area contributed by atoms with Crippen LogP contribution in [0.15, 0.2) is 18.2 Å². The second kappa shape index (κ2) is 8.70. The number of nitrogens with zero attached hydrogens (tertiary/aromatic N) is 1. The van der Waals surface area contributed by atoms with Gasteiger partial charge >= 0.3 is 18.0 Å². The molecule has 0 saturated carbocycles. The third kappa shape index (κ3) is 5.61. The summed E-state index contributed by atoms with van der Waals surface area (Å²) in [4.78, 5) is 36.8. The molecule has 1 fully saturated rings. The lowest BCUT2D eigenvalue weighted by Crippen LogP contribution is -2.49. The minimum absolute atomic E-state index is 0.0452. The van der Waals surface area contributed by atoms with Crippen molar-refractivity contribution < 1.29 is 40.7 Å². The lowest BCUT2D eigenvalue weighted by atomic mass is 10.1. The molecule has 1 unspecified atom stereocenters. The van der Waals surface area contributed by atoms with Crippen molar-refractivity contribution in [2.45, 2.75) is 32.0 Å². The second-order valence-corrected chi connectivity index (χ2v) is 6.50. The number of hydrogen-bond donors (Lipinski definition) is 2. The number of nitrogens with one attached hydrogen (secondary N) is 2. The molecule has 12 heteroatoms. The van der Waals surface area contributed by atoms with Crippen LogP contribution < -0.4 is 10.6 Å². The lowest BCUT2D eigenvalue weighted by Gasteiger charge is -2.20. The highest BCUT2D eigenvalue weighted by Crippen LogP contribution is 2.26. The third-order valence-corrected chi connectivity index (χ3v) is 4.38. The summed E-state index contributed by atoms with van der Waals surface area (Å²) in [7, 11) is 0. The summed E-state index contributed by atoms with van der Waals surface area (Å²) in [5.41, 5.74) is -0.963. The number of rotatable bonds is 4. The molecule has 1 saturated heterocycles. The van der Waals surface area contributed by atoms with Gasteiger partial charge in [-0.15, -0.1) is 0 Å². The van der Waals surface area contributed by atoms with E-state index in [9.17, 15) is 40.7 Å². The monoisotopic (exact) mass is 425 g/mol. The Bertz CT molecular complexity index is 799. The number of alkyl halides is 5. The van der Waals surface area contributed by atoms with Gasteiger partial charge in [0.15, 0.2) is 0 Å². The van der Waals surface area contributed by atoms with Gasteiger partial charge in [-0.05, 0) is 31.5 Å². The molecule has 1 aliphatic heterocycles. The average molecular weight is 425 g/mol. The zero-order valence-corrected chi connectivity index (χ0v) is 15.0. The number of anilines is 1. The van der Waals surface area contributed by atoms with E-state index in [0.29, 0.717) is 6.92 Å². The number of amides is 3. The summed E-state index contributed by atoms with van der Waals surface area (Å²) in [5.74, 6) is -5.26. The summed E-state index contributed by atoms with van der Waals surface area (Å²) in [6, 6.07) is 0.418. The predicted molar refractivity (Wildman–Crippen MR) is 88.3 cm³/mol. The minimum Gasteiger partial charge on any atom is -0.336 e. The van der Waals surface area contributed by atoms with E-state index >= 15 is 0 Å². The van der Waals surface area contributed by atoms with Crippen LogP contribution in [-0.2, 0) is 14.4 Å². The highest BCUT2D eigenvalue weighted by Gasteiger charge is 2.40. The number of carbonyl (C=O) groups is 3. The topological polar surface area (TPSA) is 78.5 Å². The fraction of sp³-hybridized carbons (Fsp3) is 0.471. The predicted octanol–water partition coefficient (Wildman–Crippen LogP) is 2.62. The molecule has 1 heterocycles. The van der Waals surface area contributed by atoms with Crippen molar-refractivity contribution in [3.05, 3.63) is 29.6 Å². The summed E-state index contributed by atoms with van der Waals surface area (Å²) in [5, 5.41) is 3.86. The molecule has 0 aliphatic carbocycles. The quantitative estimate of drug-likeness (QED) is 0.575. The van der Waals surface area contributed by atoms with E-state index in [4.69, 9.17) is 0 Å². The molecule has 6 nitrogen and oxygen atoms in total. The molecule has 0 spiro atoms. The van der Waals surface area contributed by atoms with E-state index in [2.05, 4.69) is 5.32 Å². The molecule has 3 amide bonds. The van der Waals surface area contributed by atoms with Crippen molar-refractivity contribution in [3.8, 4) is 0 Å². The van der Waals surface area contributed by atoms with Crippen molar-refractivity contribution in [3.63, 3.8) is 0 Å². The summed E-state index contributed by atoms with van der Waals surface area (Å²) in [6.07, 6.45) is -7.68. The molecule has 0 bridgehead atoms. The van der Waals surface area contributed by atoms with Crippen LogP contribution in [0.5, 0.6) is 0 Å².